The Labute approximate surface area is 268 Å². The summed E-state index contributed by atoms with van der Waals surface area (Å²) in [6, 6.07) is 14.5. The summed E-state index contributed by atoms with van der Waals surface area (Å²) in [5.41, 5.74) is -0.533. The molecule has 0 bridgehead atoms. The Morgan fingerprint density at radius 1 is 1.00 bits per heavy atom. The number of hydrogen-bond donors (Lipinski definition) is 4. The van der Waals surface area contributed by atoms with Crippen LogP contribution in [0.15, 0.2) is 48.5 Å². The first-order valence-electron chi connectivity index (χ1n) is 16.3. The lowest BCUT2D eigenvalue weighted by Gasteiger charge is -2.46. The Balaban J connectivity index is 1.38. The van der Waals surface area contributed by atoms with E-state index in [4.69, 9.17) is 4.74 Å². The Bertz CT molecular complexity index is 1370. The number of hydrogen-bond acceptors (Lipinski definition) is 7. The minimum absolute atomic E-state index is 0.0895. The van der Waals surface area contributed by atoms with Gasteiger partial charge in [-0.25, -0.2) is 8.42 Å². The Hall–Kier alpha value is -3.15. The highest BCUT2D eigenvalue weighted by molar-refractivity contribution is 7.92. The van der Waals surface area contributed by atoms with E-state index in [1.54, 1.807) is 31.2 Å². The van der Waals surface area contributed by atoms with Crippen LogP contribution in [0.3, 0.4) is 0 Å². The smallest absolute Gasteiger partial charge is 0.323 e. The standard InChI is InChI=1S/C34H50N4O6S/c1-4-5-21-35-31(39)34(37-33(2,32(40)41)24-26-9-7-6-8-10-26)19-22-38(23-20-34)25-27-11-15-29(16-12-27)44-30-17-13-28(14-18-30)36-45(3,42)43/h11-18,26,36-37H,4-10,19-25H2,1-3H3,(H,35,39)(H,40,41)/t33-/m0/s1. The SMILES string of the molecule is CCCCNC(=O)C1(N[C@@](C)(CC2CCCCC2)C(=O)O)CCN(Cc2ccc(Oc3ccc(NS(C)(=O)=O)cc3)cc2)CC1. The summed E-state index contributed by atoms with van der Waals surface area (Å²) in [7, 11) is -3.34. The number of rotatable bonds is 15. The van der Waals surface area contributed by atoms with E-state index in [9.17, 15) is 23.1 Å². The van der Waals surface area contributed by atoms with Gasteiger partial charge in [0.15, 0.2) is 0 Å². The van der Waals surface area contributed by atoms with Gasteiger partial charge in [-0.1, -0.05) is 57.6 Å². The monoisotopic (exact) mass is 642 g/mol. The molecule has 1 aliphatic heterocycles. The van der Waals surface area contributed by atoms with Crippen LogP contribution in [0, 0.1) is 5.92 Å². The van der Waals surface area contributed by atoms with Crippen LogP contribution in [-0.2, 0) is 26.2 Å². The fraction of sp³-hybridized carbons (Fsp3) is 0.588. The number of benzene rings is 2. The summed E-state index contributed by atoms with van der Waals surface area (Å²) in [5.74, 6) is 0.638. The summed E-state index contributed by atoms with van der Waals surface area (Å²) in [5, 5.41) is 16.9. The molecule has 1 saturated heterocycles. The molecule has 10 nitrogen and oxygen atoms in total. The summed E-state index contributed by atoms with van der Waals surface area (Å²) >= 11 is 0. The number of piperidine rings is 1. The van der Waals surface area contributed by atoms with Crippen LogP contribution in [0.1, 0.15) is 83.6 Å². The molecule has 1 saturated carbocycles. The highest BCUT2D eigenvalue weighted by Gasteiger charge is 2.49. The molecule has 0 aromatic heterocycles. The third-order valence-electron chi connectivity index (χ3n) is 9.09. The first-order chi connectivity index (χ1) is 21.4. The minimum atomic E-state index is -3.34. The van der Waals surface area contributed by atoms with Crippen molar-refractivity contribution in [2.75, 3.05) is 30.6 Å². The first kappa shape index (κ1) is 34.7. The van der Waals surface area contributed by atoms with E-state index in [1.807, 2.05) is 24.3 Å². The van der Waals surface area contributed by atoms with Gasteiger partial charge in [0, 0.05) is 31.9 Å². The van der Waals surface area contributed by atoms with E-state index < -0.39 is 27.1 Å². The average molecular weight is 643 g/mol. The zero-order chi connectivity index (χ0) is 32.5. The number of aliphatic carboxylic acids is 1. The van der Waals surface area contributed by atoms with Crippen LogP contribution in [0.25, 0.3) is 0 Å². The van der Waals surface area contributed by atoms with E-state index in [0.29, 0.717) is 68.5 Å². The maximum absolute atomic E-state index is 13.7. The molecule has 4 rings (SSSR count). The zero-order valence-corrected chi connectivity index (χ0v) is 27.8. The predicted molar refractivity (Wildman–Crippen MR) is 177 cm³/mol. The molecule has 1 amide bonds. The molecule has 248 valence electrons. The molecule has 1 aliphatic carbocycles. The van der Waals surface area contributed by atoms with Crippen molar-refractivity contribution in [3.05, 3.63) is 54.1 Å². The average Bonchev–Trinajstić information content (AvgIpc) is 3.00. The lowest BCUT2D eigenvalue weighted by molar-refractivity contribution is -0.148. The molecule has 2 fully saturated rings. The largest absolute Gasteiger partial charge is 0.480 e. The van der Waals surface area contributed by atoms with E-state index in [2.05, 4.69) is 27.2 Å². The number of carbonyl (C=O) groups is 2. The molecule has 1 heterocycles. The number of sulfonamides is 1. The molecule has 2 aromatic rings. The third-order valence-corrected chi connectivity index (χ3v) is 9.70. The molecule has 2 aliphatic rings. The van der Waals surface area contributed by atoms with Crippen LogP contribution in [0.5, 0.6) is 11.5 Å². The molecule has 1 atom stereocenters. The van der Waals surface area contributed by atoms with Gasteiger partial charge in [-0.2, -0.15) is 0 Å². The Morgan fingerprint density at radius 3 is 2.16 bits per heavy atom. The van der Waals surface area contributed by atoms with Crippen LogP contribution < -0.4 is 20.1 Å². The molecule has 0 unspecified atom stereocenters. The lowest BCUT2D eigenvalue weighted by atomic mass is 9.77. The summed E-state index contributed by atoms with van der Waals surface area (Å²) in [6.07, 6.45) is 10.2. The molecular formula is C34H50N4O6S. The quantitative estimate of drug-likeness (QED) is 0.187. The number of carbonyl (C=O) groups excluding carboxylic acids is 1. The van der Waals surface area contributed by atoms with Gasteiger partial charge in [0.2, 0.25) is 15.9 Å². The van der Waals surface area contributed by atoms with E-state index in [0.717, 1.165) is 50.3 Å². The maximum Gasteiger partial charge on any atom is 0.323 e. The molecule has 0 radical (unpaired) electrons. The van der Waals surface area contributed by atoms with Crippen molar-refractivity contribution in [3.63, 3.8) is 0 Å². The van der Waals surface area contributed by atoms with E-state index in [1.165, 1.54) is 6.42 Å². The van der Waals surface area contributed by atoms with Gasteiger partial charge in [-0.15, -0.1) is 0 Å². The number of carboxylic acids is 1. The van der Waals surface area contributed by atoms with Gasteiger partial charge < -0.3 is 15.2 Å². The van der Waals surface area contributed by atoms with Crippen LogP contribution in [-0.4, -0.2) is 67.3 Å². The summed E-state index contributed by atoms with van der Waals surface area (Å²) in [4.78, 5) is 28.7. The second kappa shape index (κ2) is 15.4. The number of amides is 1. The fourth-order valence-electron chi connectivity index (χ4n) is 6.60. The number of nitrogens with one attached hydrogen (secondary N) is 3. The van der Waals surface area contributed by atoms with Crippen molar-refractivity contribution in [2.24, 2.45) is 5.92 Å². The zero-order valence-electron chi connectivity index (χ0n) is 26.9. The second-order valence-electron chi connectivity index (χ2n) is 13.1. The van der Waals surface area contributed by atoms with Gasteiger partial charge >= 0.3 is 5.97 Å². The minimum Gasteiger partial charge on any atom is -0.480 e. The molecular weight excluding hydrogens is 592 g/mol. The predicted octanol–water partition coefficient (Wildman–Crippen LogP) is 5.50. The van der Waals surface area contributed by atoms with Crippen LogP contribution in [0.2, 0.25) is 0 Å². The van der Waals surface area contributed by atoms with Gasteiger partial charge in [0.25, 0.3) is 0 Å². The van der Waals surface area contributed by atoms with Crippen molar-refractivity contribution < 1.29 is 27.9 Å². The molecule has 4 N–H and O–H groups in total. The van der Waals surface area contributed by atoms with Crippen molar-refractivity contribution in [2.45, 2.75) is 95.7 Å². The number of nitrogens with zero attached hydrogens (tertiary/aromatic N) is 1. The first-order valence-corrected chi connectivity index (χ1v) is 18.2. The second-order valence-corrected chi connectivity index (χ2v) is 14.8. The van der Waals surface area contributed by atoms with Crippen molar-refractivity contribution in [1.29, 1.82) is 0 Å². The normalized spacial score (nSPS) is 18.9. The topological polar surface area (TPSA) is 137 Å². The van der Waals surface area contributed by atoms with E-state index in [-0.39, 0.29) is 5.91 Å². The number of carboxylic acid groups (broad SMARTS) is 1. The highest BCUT2D eigenvalue weighted by Crippen LogP contribution is 2.34. The Kier molecular flexibility index (Phi) is 11.9. The molecule has 2 aromatic carbocycles. The number of likely N-dealkylation sites (tertiary alicyclic amines) is 1. The number of unbranched alkanes of at least 4 members (excludes halogenated alkanes) is 1. The molecule has 45 heavy (non-hydrogen) atoms. The fourth-order valence-corrected chi connectivity index (χ4v) is 7.16. The molecule has 11 heteroatoms. The van der Waals surface area contributed by atoms with Crippen LogP contribution in [0.4, 0.5) is 5.69 Å². The van der Waals surface area contributed by atoms with Crippen molar-refractivity contribution in [1.82, 2.24) is 15.5 Å². The van der Waals surface area contributed by atoms with Crippen molar-refractivity contribution >= 4 is 27.6 Å². The Morgan fingerprint density at radius 2 is 1.60 bits per heavy atom. The maximum atomic E-state index is 13.7. The van der Waals surface area contributed by atoms with E-state index >= 15 is 0 Å². The number of anilines is 1. The van der Waals surface area contributed by atoms with Gasteiger partial charge in [0.1, 0.15) is 22.6 Å². The highest BCUT2D eigenvalue weighted by atomic mass is 32.2. The van der Waals surface area contributed by atoms with Crippen molar-refractivity contribution in [3.8, 4) is 11.5 Å². The molecule has 0 spiro atoms. The third kappa shape index (κ3) is 10.2. The van der Waals surface area contributed by atoms with Crippen LogP contribution >= 0.6 is 0 Å². The van der Waals surface area contributed by atoms with Gasteiger partial charge in [-0.05, 0) is 80.5 Å². The summed E-state index contributed by atoms with van der Waals surface area (Å²) in [6.45, 7) is 6.48. The number of ether oxygens (including phenoxy) is 1. The van der Waals surface area contributed by atoms with Gasteiger partial charge in [0.05, 0.1) is 6.26 Å². The lowest BCUT2D eigenvalue weighted by Crippen LogP contribution is -2.69. The summed E-state index contributed by atoms with van der Waals surface area (Å²) < 4.78 is 31.2. The van der Waals surface area contributed by atoms with Gasteiger partial charge in [-0.3, -0.25) is 24.5 Å².